The predicted octanol–water partition coefficient (Wildman–Crippen LogP) is 2.67. The maximum atomic E-state index is 12.7. The van der Waals surface area contributed by atoms with E-state index in [0.717, 1.165) is 38.2 Å². The lowest BCUT2D eigenvalue weighted by Gasteiger charge is -2.21. The van der Waals surface area contributed by atoms with Gasteiger partial charge in [0.25, 0.3) is 0 Å². The van der Waals surface area contributed by atoms with Crippen LogP contribution >= 0.6 is 0 Å². The van der Waals surface area contributed by atoms with E-state index >= 15 is 0 Å². The summed E-state index contributed by atoms with van der Waals surface area (Å²) < 4.78 is 43.3. The van der Waals surface area contributed by atoms with Crippen molar-refractivity contribution in [3.63, 3.8) is 0 Å². The first-order valence-electron chi connectivity index (χ1n) is 7.04. The van der Waals surface area contributed by atoms with Crippen LogP contribution in [-0.2, 0) is 10.9 Å². The molecule has 1 saturated heterocycles. The van der Waals surface area contributed by atoms with Crippen molar-refractivity contribution < 1.29 is 17.9 Å². The molecule has 0 bridgehead atoms. The van der Waals surface area contributed by atoms with Gasteiger partial charge in [-0.3, -0.25) is 0 Å². The molecule has 3 nitrogen and oxygen atoms in total. The van der Waals surface area contributed by atoms with E-state index in [1.807, 2.05) is 0 Å². The van der Waals surface area contributed by atoms with Gasteiger partial charge in [-0.25, -0.2) is 0 Å². The molecule has 21 heavy (non-hydrogen) atoms. The summed E-state index contributed by atoms with van der Waals surface area (Å²) in [7, 11) is 1.68. The van der Waals surface area contributed by atoms with Crippen LogP contribution in [0.15, 0.2) is 24.3 Å². The number of halogens is 3. The van der Waals surface area contributed by atoms with Gasteiger partial charge < -0.3 is 15.4 Å². The van der Waals surface area contributed by atoms with Crippen molar-refractivity contribution >= 4 is 0 Å². The van der Waals surface area contributed by atoms with Crippen molar-refractivity contribution in [2.75, 3.05) is 33.4 Å². The van der Waals surface area contributed by atoms with Gasteiger partial charge in [0.05, 0.1) is 12.2 Å². The molecule has 1 fully saturated rings. The molecule has 2 rings (SSSR count). The number of benzene rings is 1. The van der Waals surface area contributed by atoms with Crippen molar-refractivity contribution in [2.45, 2.75) is 18.6 Å². The van der Waals surface area contributed by atoms with E-state index in [2.05, 4.69) is 4.90 Å². The molecular weight excluding hydrogens is 281 g/mol. The Morgan fingerprint density at radius 3 is 2.86 bits per heavy atom. The second kappa shape index (κ2) is 6.77. The lowest BCUT2D eigenvalue weighted by Crippen LogP contribution is -2.31. The summed E-state index contributed by atoms with van der Waals surface area (Å²) in [6.45, 7) is 3.10. The highest BCUT2D eigenvalue weighted by molar-refractivity contribution is 5.28. The summed E-state index contributed by atoms with van der Waals surface area (Å²) in [6, 6.07) is 4.88. The summed E-state index contributed by atoms with van der Waals surface area (Å²) in [5, 5.41) is 0. The number of nitrogens with two attached hydrogens (primary N) is 1. The van der Waals surface area contributed by atoms with Crippen LogP contribution in [-0.4, -0.2) is 38.3 Å². The first-order chi connectivity index (χ1) is 9.90. The number of hydrogen-bond donors (Lipinski definition) is 1. The Hall–Kier alpha value is -1.11. The van der Waals surface area contributed by atoms with Gasteiger partial charge in [0.1, 0.15) is 0 Å². The number of alkyl halides is 3. The Balaban J connectivity index is 1.96. The van der Waals surface area contributed by atoms with Crippen molar-refractivity contribution in [1.82, 2.24) is 4.90 Å². The number of nitrogens with zero attached hydrogens (tertiary/aromatic N) is 1. The van der Waals surface area contributed by atoms with Crippen LogP contribution in [0.5, 0.6) is 0 Å². The average molecular weight is 302 g/mol. The molecule has 1 heterocycles. The van der Waals surface area contributed by atoms with Gasteiger partial charge in [0.2, 0.25) is 0 Å². The molecule has 0 aliphatic carbocycles. The minimum Gasteiger partial charge on any atom is -0.384 e. The molecule has 2 N–H and O–H groups in total. The van der Waals surface area contributed by atoms with Crippen LogP contribution in [0.3, 0.4) is 0 Å². The van der Waals surface area contributed by atoms with Gasteiger partial charge >= 0.3 is 6.18 Å². The molecule has 118 valence electrons. The molecule has 6 heteroatoms. The molecule has 0 radical (unpaired) electrons. The van der Waals surface area contributed by atoms with Gasteiger partial charge in [0, 0.05) is 26.2 Å². The molecule has 1 aromatic carbocycles. The van der Waals surface area contributed by atoms with Crippen molar-refractivity contribution in [2.24, 2.45) is 11.7 Å². The van der Waals surface area contributed by atoms with E-state index in [4.69, 9.17) is 10.5 Å². The molecule has 1 aliphatic heterocycles. The fraction of sp³-hybridized carbons (Fsp3) is 0.600. The van der Waals surface area contributed by atoms with Crippen molar-refractivity contribution in [3.8, 4) is 0 Å². The Morgan fingerprint density at radius 2 is 2.19 bits per heavy atom. The van der Waals surface area contributed by atoms with Crippen LogP contribution < -0.4 is 5.73 Å². The summed E-state index contributed by atoms with van der Waals surface area (Å²) in [6.07, 6.45) is -3.28. The zero-order chi connectivity index (χ0) is 15.5. The minimum absolute atomic E-state index is 0.409. The highest BCUT2D eigenvalue weighted by atomic mass is 19.4. The van der Waals surface area contributed by atoms with Crippen molar-refractivity contribution in [1.29, 1.82) is 0 Å². The maximum absolute atomic E-state index is 12.7. The minimum atomic E-state index is -4.33. The van der Waals surface area contributed by atoms with E-state index in [-0.39, 0.29) is 0 Å². The van der Waals surface area contributed by atoms with Crippen LogP contribution in [0.25, 0.3) is 0 Å². The molecule has 1 aliphatic rings. The standard InChI is InChI=1S/C15H21F3N2O/c1-21-10-11-5-6-20(8-11)9-14(19)12-3-2-4-13(7-12)15(16,17)18/h2-4,7,11,14H,5-6,8-10,19H2,1H3. The molecule has 0 spiro atoms. The Kier molecular flexibility index (Phi) is 5.24. The highest BCUT2D eigenvalue weighted by Gasteiger charge is 2.31. The zero-order valence-electron chi connectivity index (χ0n) is 12.1. The molecule has 0 amide bonds. The van der Waals surface area contributed by atoms with Gasteiger partial charge in [-0.15, -0.1) is 0 Å². The van der Waals surface area contributed by atoms with E-state index in [9.17, 15) is 13.2 Å². The molecule has 0 saturated carbocycles. The summed E-state index contributed by atoms with van der Waals surface area (Å²) in [4.78, 5) is 2.19. The molecule has 2 atom stereocenters. The fourth-order valence-electron chi connectivity index (χ4n) is 2.78. The van der Waals surface area contributed by atoms with Crippen LogP contribution in [0, 0.1) is 5.92 Å². The topological polar surface area (TPSA) is 38.5 Å². The number of ether oxygens (including phenoxy) is 1. The second-order valence-corrected chi connectivity index (χ2v) is 5.60. The second-order valence-electron chi connectivity index (χ2n) is 5.60. The lowest BCUT2D eigenvalue weighted by molar-refractivity contribution is -0.137. The van der Waals surface area contributed by atoms with E-state index in [1.54, 1.807) is 13.2 Å². The van der Waals surface area contributed by atoms with Gasteiger partial charge in [0.15, 0.2) is 0 Å². The quantitative estimate of drug-likeness (QED) is 0.909. The Labute approximate surface area is 122 Å². The van der Waals surface area contributed by atoms with E-state index in [1.165, 1.54) is 6.07 Å². The normalized spacial score (nSPS) is 21.7. The predicted molar refractivity (Wildman–Crippen MR) is 74.8 cm³/mol. The number of likely N-dealkylation sites (tertiary alicyclic amines) is 1. The molecule has 1 aromatic rings. The van der Waals surface area contributed by atoms with Crippen LogP contribution in [0.1, 0.15) is 23.6 Å². The molecular formula is C15H21F3N2O. The third kappa shape index (κ3) is 4.43. The fourth-order valence-corrected chi connectivity index (χ4v) is 2.78. The van der Waals surface area contributed by atoms with Gasteiger partial charge in [-0.05, 0) is 36.6 Å². The van der Waals surface area contributed by atoms with Crippen LogP contribution in [0.4, 0.5) is 13.2 Å². The van der Waals surface area contributed by atoms with Crippen molar-refractivity contribution in [3.05, 3.63) is 35.4 Å². The highest BCUT2D eigenvalue weighted by Crippen LogP contribution is 2.30. The average Bonchev–Trinajstić information content (AvgIpc) is 2.86. The lowest BCUT2D eigenvalue weighted by atomic mass is 10.0. The van der Waals surface area contributed by atoms with Gasteiger partial charge in [-0.2, -0.15) is 13.2 Å². The summed E-state index contributed by atoms with van der Waals surface area (Å²) >= 11 is 0. The molecule has 0 aromatic heterocycles. The monoisotopic (exact) mass is 302 g/mol. The third-order valence-electron chi connectivity index (χ3n) is 3.87. The third-order valence-corrected chi connectivity index (χ3v) is 3.87. The number of methoxy groups -OCH3 is 1. The summed E-state index contributed by atoms with van der Waals surface area (Å²) in [5.74, 6) is 0.490. The largest absolute Gasteiger partial charge is 0.416 e. The first kappa shape index (κ1) is 16.3. The Morgan fingerprint density at radius 1 is 1.43 bits per heavy atom. The smallest absolute Gasteiger partial charge is 0.384 e. The maximum Gasteiger partial charge on any atom is 0.416 e. The van der Waals surface area contributed by atoms with E-state index in [0.29, 0.717) is 18.0 Å². The SMILES string of the molecule is COCC1CCN(CC(N)c2cccc(C(F)(F)F)c2)C1. The Bertz CT molecular complexity index is 464. The van der Waals surface area contributed by atoms with Crippen LogP contribution in [0.2, 0.25) is 0 Å². The number of rotatable bonds is 5. The number of hydrogen-bond acceptors (Lipinski definition) is 3. The zero-order valence-corrected chi connectivity index (χ0v) is 12.1. The summed E-state index contributed by atoms with van der Waals surface area (Å²) in [5.41, 5.74) is 5.95. The first-order valence-corrected chi connectivity index (χ1v) is 7.04. The van der Waals surface area contributed by atoms with Gasteiger partial charge in [-0.1, -0.05) is 12.1 Å². The van der Waals surface area contributed by atoms with E-state index < -0.39 is 17.8 Å². The molecule has 2 unspecified atom stereocenters.